The van der Waals surface area contributed by atoms with Crippen LogP contribution in [0.15, 0.2) is 63.6 Å². The molecule has 0 radical (unpaired) electrons. The van der Waals surface area contributed by atoms with Crippen LogP contribution in [0.4, 0.5) is 0 Å². The van der Waals surface area contributed by atoms with Crippen molar-refractivity contribution in [3.63, 3.8) is 0 Å². The molecule has 1 aliphatic rings. The Balaban J connectivity index is 1.49. The zero-order valence-electron chi connectivity index (χ0n) is 19.2. The first-order chi connectivity index (χ1) is 16.1. The maximum Gasteiger partial charge on any atom is 0.257 e. The van der Waals surface area contributed by atoms with Crippen molar-refractivity contribution in [2.24, 2.45) is 5.10 Å². The van der Waals surface area contributed by atoms with Crippen LogP contribution >= 0.6 is 11.3 Å². The molecule has 1 aliphatic heterocycles. The van der Waals surface area contributed by atoms with Gasteiger partial charge in [-0.15, -0.1) is 11.3 Å². The van der Waals surface area contributed by atoms with E-state index in [9.17, 15) is 4.79 Å². The van der Waals surface area contributed by atoms with Gasteiger partial charge in [-0.3, -0.25) is 9.69 Å². The number of furan rings is 1. The first-order valence-corrected chi connectivity index (χ1v) is 12.0. The maximum atomic E-state index is 13.4. The summed E-state index contributed by atoms with van der Waals surface area (Å²) in [6.45, 7) is 6.16. The van der Waals surface area contributed by atoms with Crippen molar-refractivity contribution in [3.05, 3.63) is 70.3 Å². The fourth-order valence-corrected chi connectivity index (χ4v) is 4.64. The summed E-state index contributed by atoms with van der Waals surface area (Å²) < 4.78 is 16.7. The van der Waals surface area contributed by atoms with Crippen molar-refractivity contribution in [1.82, 2.24) is 9.91 Å². The topological polar surface area (TPSA) is 67.5 Å². The van der Waals surface area contributed by atoms with E-state index in [2.05, 4.69) is 4.90 Å². The minimum absolute atomic E-state index is 0.0530. The Labute approximate surface area is 198 Å². The molecule has 0 saturated heterocycles. The summed E-state index contributed by atoms with van der Waals surface area (Å²) in [6.07, 6.45) is 2.28. The normalized spacial score (nSPS) is 15.7. The Bertz CT molecular complexity index is 1080. The summed E-state index contributed by atoms with van der Waals surface area (Å²) in [5.41, 5.74) is 1.97. The van der Waals surface area contributed by atoms with Gasteiger partial charge in [-0.25, -0.2) is 5.01 Å². The lowest BCUT2D eigenvalue weighted by atomic mass is 10.1. The highest BCUT2D eigenvalue weighted by Gasteiger charge is 2.35. The molecule has 1 aromatic carbocycles. The molecule has 0 aliphatic carbocycles. The standard InChI is InChI=1S/C25H29N3O4S/c1-4-27(16-18-10-11-22(31-5-2)23(14-18)30-3)17-25(29)28-20(21-8-6-12-32-21)15-19(26-28)24-9-7-13-33-24/h6-14,20H,4-5,15-17H2,1-3H3/t20-/m1/s1. The van der Waals surface area contributed by atoms with Crippen molar-refractivity contribution in [2.75, 3.05) is 26.8 Å². The van der Waals surface area contributed by atoms with E-state index in [0.717, 1.165) is 34.2 Å². The highest BCUT2D eigenvalue weighted by atomic mass is 32.1. The smallest absolute Gasteiger partial charge is 0.257 e. The number of nitrogens with zero attached hydrogens (tertiary/aromatic N) is 3. The number of amides is 1. The molecule has 7 nitrogen and oxygen atoms in total. The summed E-state index contributed by atoms with van der Waals surface area (Å²) in [7, 11) is 1.63. The number of benzene rings is 1. The zero-order chi connectivity index (χ0) is 23.2. The molecule has 3 aromatic rings. The molecule has 1 atom stereocenters. The second-order valence-corrected chi connectivity index (χ2v) is 8.67. The number of hydrogen-bond acceptors (Lipinski definition) is 7. The van der Waals surface area contributed by atoms with Crippen LogP contribution in [-0.2, 0) is 11.3 Å². The van der Waals surface area contributed by atoms with Gasteiger partial charge in [0.25, 0.3) is 5.91 Å². The molecule has 1 amide bonds. The fourth-order valence-electron chi connectivity index (χ4n) is 3.92. The number of thiophene rings is 1. The molecule has 3 heterocycles. The molecule has 2 aromatic heterocycles. The van der Waals surface area contributed by atoms with Gasteiger partial charge in [-0.05, 0) is 54.7 Å². The molecule has 8 heteroatoms. The summed E-state index contributed by atoms with van der Waals surface area (Å²) in [5.74, 6) is 2.11. The highest BCUT2D eigenvalue weighted by Crippen LogP contribution is 2.34. The Hall–Kier alpha value is -3.10. The van der Waals surface area contributed by atoms with Crippen LogP contribution in [0.1, 0.15) is 42.5 Å². The van der Waals surface area contributed by atoms with Crippen LogP contribution < -0.4 is 9.47 Å². The number of likely N-dealkylation sites (N-methyl/N-ethyl adjacent to an activating group) is 1. The molecule has 4 rings (SSSR count). The van der Waals surface area contributed by atoms with E-state index >= 15 is 0 Å². The van der Waals surface area contributed by atoms with Crippen LogP contribution in [0.25, 0.3) is 0 Å². The number of methoxy groups -OCH3 is 1. The Morgan fingerprint density at radius 1 is 1.24 bits per heavy atom. The molecule has 0 N–H and O–H groups in total. The monoisotopic (exact) mass is 467 g/mol. The predicted octanol–water partition coefficient (Wildman–Crippen LogP) is 4.95. The van der Waals surface area contributed by atoms with Crippen molar-refractivity contribution in [1.29, 1.82) is 0 Å². The largest absolute Gasteiger partial charge is 0.493 e. The Kier molecular flexibility index (Phi) is 7.47. The quantitative estimate of drug-likeness (QED) is 0.422. The van der Waals surface area contributed by atoms with Crippen LogP contribution in [0.5, 0.6) is 11.5 Å². The number of hydrogen-bond donors (Lipinski definition) is 0. The second kappa shape index (κ2) is 10.7. The van der Waals surface area contributed by atoms with Crippen LogP contribution in [0.2, 0.25) is 0 Å². The van der Waals surface area contributed by atoms with E-state index in [4.69, 9.17) is 19.0 Å². The number of carbonyl (C=O) groups is 1. The molecular formula is C25H29N3O4S. The molecular weight excluding hydrogens is 438 g/mol. The van der Waals surface area contributed by atoms with E-state index in [1.807, 2.05) is 61.7 Å². The van der Waals surface area contributed by atoms with E-state index in [-0.39, 0.29) is 18.5 Å². The number of ether oxygens (including phenoxy) is 2. The van der Waals surface area contributed by atoms with E-state index in [1.54, 1.807) is 29.7 Å². The van der Waals surface area contributed by atoms with Gasteiger partial charge in [-0.2, -0.15) is 5.10 Å². The average molecular weight is 468 g/mol. The van der Waals surface area contributed by atoms with Gasteiger partial charge in [0.15, 0.2) is 11.5 Å². The van der Waals surface area contributed by atoms with Gasteiger partial charge in [-0.1, -0.05) is 19.1 Å². The van der Waals surface area contributed by atoms with Crippen LogP contribution in [0.3, 0.4) is 0 Å². The lowest BCUT2D eigenvalue weighted by Crippen LogP contribution is -2.37. The summed E-state index contributed by atoms with van der Waals surface area (Å²) in [4.78, 5) is 16.6. The zero-order valence-corrected chi connectivity index (χ0v) is 20.0. The van der Waals surface area contributed by atoms with Gasteiger partial charge in [0, 0.05) is 13.0 Å². The minimum atomic E-state index is -0.228. The highest BCUT2D eigenvalue weighted by molar-refractivity contribution is 7.12. The van der Waals surface area contributed by atoms with Crippen LogP contribution in [-0.4, -0.2) is 48.3 Å². The summed E-state index contributed by atoms with van der Waals surface area (Å²) in [5, 5.41) is 8.32. The summed E-state index contributed by atoms with van der Waals surface area (Å²) >= 11 is 1.63. The van der Waals surface area contributed by atoms with Crippen molar-refractivity contribution < 1.29 is 18.7 Å². The molecule has 0 bridgehead atoms. The Morgan fingerprint density at radius 3 is 2.79 bits per heavy atom. The molecule has 0 spiro atoms. The third-order valence-electron chi connectivity index (χ3n) is 5.58. The third-order valence-corrected chi connectivity index (χ3v) is 6.50. The lowest BCUT2D eigenvalue weighted by Gasteiger charge is -2.25. The number of carbonyl (C=O) groups excluding carboxylic acids is 1. The molecule has 174 valence electrons. The molecule has 33 heavy (non-hydrogen) atoms. The van der Waals surface area contributed by atoms with E-state index in [1.165, 1.54) is 0 Å². The van der Waals surface area contributed by atoms with E-state index < -0.39 is 0 Å². The van der Waals surface area contributed by atoms with Gasteiger partial charge >= 0.3 is 0 Å². The van der Waals surface area contributed by atoms with Crippen molar-refractivity contribution in [3.8, 4) is 11.5 Å². The summed E-state index contributed by atoms with van der Waals surface area (Å²) in [6, 6.07) is 13.4. The molecule has 0 fully saturated rings. The number of rotatable bonds is 10. The number of hydrazone groups is 1. The van der Waals surface area contributed by atoms with Crippen molar-refractivity contribution in [2.45, 2.75) is 32.9 Å². The van der Waals surface area contributed by atoms with Crippen molar-refractivity contribution >= 4 is 23.0 Å². The minimum Gasteiger partial charge on any atom is -0.493 e. The van der Waals surface area contributed by atoms with Gasteiger partial charge in [0.05, 0.1) is 37.1 Å². The van der Waals surface area contributed by atoms with Gasteiger partial charge < -0.3 is 13.9 Å². The maximum absolute atomic E-state index is 13.4. The Morgan fingerprint density at radius 2 is 2.12 bits per heavy atom. The second-order valence-electron chi connectivity index (χ2n) is 7.72. The molecule has 0 saturated carbocycles. The van der Waals surface area contributed by atoms with Gasteiger partial charge in [0.2, 0.25) is 0 Å². The predicted molar refractivity (Wildman–Crippen MR) is 129 cm³/mol. The lowest BCUT2D eigenvalue weighted by molar-refractivity contribution is -0.134. The SMILES string of the molecule is CCOc1ccc(CN(CC)CC(=O)N2N=C(c3cccs3)C[C@@H]2c2ccco2)cc1OC. The van der Waals surface area contributed by atoms with E-state index in [0.29, 0.717) is 25.3 Å². The first kappa shape index (κ1) is 23.1. The van der Waals surface area contributed by atoms with Gasteiger partial charge in [0.1, 0.15) is 11.8 Å². The average Bonchev–Trinajstić information content (AvgIpc) is 3.60. The third kappa shape index (κ3) is 5.29. The first-order valence-electron chi connectivity index (χ1n) is 11.1. The van der Waals surface area contributed by atoms with Crippen LogP contribution in [0, 0.1) is 0 Å². The molecule has 0 unspecified atom stereocenters. The fraction of sp³-hybridized carbons (Fsp3) is 0.360.